The molecule has 108 valence electrons. The van der Waals surface area contributed by atoms with Crippen LogP contribution in [0.15, 0.2) is 24.3 Å². The van der Waals surface area contributed by atoms with Crippen LogP contribution in [0, 0.1) is 0 Å². The van der Waals surface area contributed by atoms with E-state index >= 15 is 0 Å². The maximum Gasteiger partial charge on any atom is 0.119 e. The summed E-state index contributed by atoms with van der Waals surface area (Å²) in [7, 11) is 3.23. The highest BCUT2D eigenvalue weighted by molar-refractivity contribution is 5.28. The van der Waals surface area contributed by atoms with E-state index in [4.69, 9.17) is 14.2 Å². The predicted octanol–water partition coefficient (Wildman–Crippen LogP) is 0.809. The van der Waals surface area contributed by atoms with E-state index in [0.29, 0.717) is 6.61 Å². The molecule has 0 aromatic heterocycles. The minimum Gasteiger partial charge on any atom is -0.491 e. The molecule has 0 fully saturated rings. The van der Waals surface area contributed by atoms with Crippen molar-refractivity contribution < 1.29 is 19.3 Å². The number of hydrogen-bond donors (Lipinski definition) is 2. The molecule has 0 aliphatic carbocycles. The second-order valence-corrected chi connectivity index (χ2v) is 4.24. The van der Waals surface area contributed by atoms with Crippen LogP contribution in [-0.4, -0.2) is 51.8 Å². The summed E-state index contributed by atoms with van der Waals surface area (Å²) in [6.07, 6.45) is -0.603. The van der Waals surface area contributed by atoms with Crippen LogP contribution in [0.2, 0.25) is 0 Å². The summed E-state index contributed by atoms with van der Waals surface area (Å²) in [5.41, 5.74) is 1.13. The number of rotatable bonds is 10. The molecule has 0 spiro atoms. The summed E-state index contributed by atoms with van der Waals surface area (Å²) in [4.78, 5) is 0. The lowest BCUT2D eigenvalue weighted by molar-refractivity contribution is 0.0325. The van der Waals surface area contributed by atoms with Gasteiger partial charge in [0.15, 0.2) is 0 Å². The van der Waals surface area contributed by atoms with Crippen molar-refractivity contribution in [3.8, 4) is 5.75 Å². The van der Waals surface area contributed by atoms with Crippen LogP contribution in [-0.2, 0) is 16.0 Å². The minimum absolute atomic E-state index is 0.231. The SMILES string of the molecule is COCCNCc1cccc(OCC(O)COC)c1. The van der Waals surface area contributed by atoms with Gasteiger partial charge in [-0.1, -0.05) is 12.1 Å². The van der Waals surface area contributed by atoms with Crippen LogP contribution in [0.3, 0.4) is 0 Å². The molecule has 2 N–H and O–H groups in total. The summed E-state index contributed by atoms with van der Waals surface area (Å²) in [6, 6.07) is 7.79. The standard InChI is InChI=1S/C14H23NO4/c1-17-7-6-15-9-12-4-3-5-14(8-12)19-11-13(16)10-18-2/h3-5,8,13,15-16H,6-7,9-11H2,1-2H3. The van der Waals surface area contributed by atoms with Crippen molar-refractivity contribution in [2.75, 3.05) is 40.6 Å². The first-order valence-corrected chi connectivity index (χ1v) is 6.34. The van der Waals surface area contributed by atoms with Crippen molar-refractivity contribution in [2.24, 2.45) is 0 Å². The quantitative estimate of drug-likeness (QED) is 0.616. The monoisotopic (exact) mass is 269 g/mol. The van der Waals surface area contributed by atoms with Gasteiger partial charge in [0.2, 0.25) is 0 Å². The van der Waals surface area contributed by atoms with Gasteiger partial charge >= 0.3 is 0 Å². The molecule has 1 unspecified atom stereocenters. The maximum atomic E-state index is 9.50. The average Bonchev–Trinajstić information content (AvgIpc) is 2.42. The van der Waals surface area contributed by atoms with E-state index in [1.807, 2.05) is 24.3 Å². The Morgan fingerprint density at radius 1 is 1.21 bits per heavy atom. The van der Waals surface area contributed by atoms with Crippen LogP contribution < -0.4 is 10.1 Å². The zero-order valence-corrected chi connectivity index (χ0v) is 11.6. The topological polar surface area (TPSA) is 60.0 Å². The van der Waals surface area contributed by atoms with Crippen molar-refractivity contribution in [3.05, 3.63) is 29.8 Å². The second kappa shape index (κ2) is 9.75. The maximum absolute atomic E-state index is 9.50. The molecule has 0 radical (unpaired) electrons. The van der Waals surface area contributed by atoms with Crippen LogP contribution >= 0.6 is 0 Å². The van der Waals surface area contributed by atoms with Crippen molar-refractivity contribution in [1.29, 1.82) is 0 Å². The van der Waals surface area contributed by atoms with E-state index in [0.717, 1.165) is 24.4 Å². The summed E-state index contributed by atoms with van der Waals surface area (Å²) < 4.78 is 15.3. The fraction of sp³-hybridized carbons (Fsp3) is 0.571. The molecule has 5 heteroatoms. The first-order valence-electron chi connectivity index (χ1n) is 6.34. The third-order valence-electron chi connectivity index (χ3n) is 2.51. The summed E-state index contributed by atoms with van der Waals surface area (Å²) in [6.45, 7) is 2.78. The van der Waals surface area contributed by atoms with Gasteiger partial charge in [-0.15, -0.1) is 0 Å². The largest absolute Gasteiger partial charge is 0.491 e. The Morgan fingerprint density at radius 2 is 2.05 bits per heavy atom. The average molecular weight is 269 g/mol. The van der Waals surface area contributed by atoms with Crippen LogP contribution in [0.4, 0.5) is 0 Å². The normalized spacial score (nSPS) is 12.4. The number of methoxy groups -OCH3 is 2. The number of aliphatic hydroxyl groups excluding tert-OH is 1. The lowest BCUT2D eigenvalue weighted by Crippen LogP contribution is -2.22. The highest BCUT2D eigenvalue weighted by Crippen LogP contribution is 2.13. The van der Waals surface area contributed by atoms with E-state index in [9.17, 15) is 5.11 Å². The molecule has 1 aromatic rings. The lowest BCUT2D eigenvalue weighted by atomic mass is 10.2. The molecule has 0 aliphatic heterocycles. The Kier molecular flexibility index (Phi) is 8.16. The van der Waals surface area contributed by atoms with Crippen LogP contribution in [0.1, 0.15) is 5.56 Å². The van der Waals surface area contributed by atoms with Crippen molar-refractivity contribution >= 4 is 0 Å². The molecule has 5 nitrogen and oxygen atoms in total. The van der Waals surface area contributed by atoms with Crippen LogP contribution in [0.5, 0.6) is 5.75 Å². The lowest BCUT2D eigenvalue weighted by Gasteiger charge is -2.12. The van der Waals surface area contributed by atoms with E-state index in [1.165, 1.54) is 0 Å². The molecule has 0 amide bonds. The molecule has 1 aromatic carbocycles. The van der Waals surface area contributed by atoms with E-state index in [-0.39, 0.29) is 13.2 Å². The summed E-state index contributed by atoms with van der Waals surface area (Å²) in [5.74, 6) is 0.751. The van der Waals surface area contributed by atoms with Crippen molar-refractivity contribution in [3.63, 3.8) is 0 Å². The number of aliphatic hydroxyl groups is 1. The molecule has 1 rings (SSSR count). The number of ether oxygens (including phenoxy) is 3. The molecule has 0 saturated carbocycles. The molecule has 0 heterocycles. The van der Waals surface area contributed by atoms with E-state index in [2.05, 4.69) is 5.32 Å². The third kappa shape index (κ3) is 7.12. The first kappa shape index (κ1) is 15.9. The number of nitrogens with one attached hydrogen (secondary N) is 1. The van der Waals surface area contributed by atoms with Gasteiger partial charge < -0.3 is 24.6 Å². The summed E-state index contributed by atoms with van der Waals surface area (Å²) in [5, 5.41) is 12.8. The molecule has 19 heavy (non-hydrogen) atoms. The highest BCUT2D eigenvalue weighted by Gasteiger charge is 2.04. The van der Waals surface area contributed by atoms with Gasteiger partial charge in [0, 0.05) is 27.3 Å². The molecule has 0 bridgehead atoms. The van der Waals surface area contributed by atoms with Gasteiger partial charge in [-0.25, -0.2) is 0 Å². The van der Waals surface area contributed by atoms with Gasteiger partial charge in [0.05, 0.1) is 13.2 Å². The van der Waals surface area contributed by atoms with Gasteiger partial charge in [-0.05, 0) is 17.7 Å². The Bertz CT molecular complexity index is 346. The molecular formula is C14H23NO4. The molecular weight excluding hydrogens is 246 g/mol. The van der Waals surface area contributed by atoms with Gasteiger partial charge in [0.25, 0.3) is 0 Å². The second-order valence-electron chi connectivity index (χ2n) is 4.24. The Hall–Kier alpha value is -1.14. The third-order valence-corrected chi connectivity index (χ3v) is 2.51. The van der Waals surface area contributed by atoms with Crippen molar-refractivity contribution in [1.82, 2.24) is 5.32 Å². The predicted molar refractivity (Wildman–Crippen MR) is 73.4 cm³/mol. The number of benzene rings is 1. The first-order chi connectivity index (χ1) is 9.26. The van der Waals surface area contributed by atoms with Crippen molar-refractivity contribution in [2.45, 2.75) is 12.6 Å². The molecule has 0 saturated heterocycles. The Balaban J connectivity index is 2.34. The fourth-order valence-corrected chi connectivity index (χ4v) is 1.59. The highest BCUT2D eigenvalue weighted by atomic mass is 16.5. The molecule has 0 aliphatic rings. The summed E-state index contributed by atoms with van der Waals surface area (Å²) >= 11 is 0. The van der Waals surface area contributed by atoms with E-state index < -0.39 is 6.10 Å². The number of hydrogen-bond acceptors (Lipinski definition) is 5. The van der Waals surface area contributed by atoms with Gasteiger partial charge in [-0.3, -0.25) is 0 Å². The molecule has 1 atom stereocenters. The zero-order valence-electron chi connectivity index (χ0n) is 11.6. The zero-order chi connectivity index (χ0) is 13.9. The van der Waals surface area contributed by atoms with Gasteiger partial charge in [0.1, 0.15) is 18.5 Å². The smallest absolute Gasteiger partial charge is 0.119 e. The van der Waals surface area contributed by atoms with E-state index in [1.54, 1.807) is 14.2 Å². The minimum atomic E-state index is -0.603. The fourth-order valence-electron chi connectivity index (χ4n) is 1.59. The van der Waals surface area contributed by atoms with Crippen LogP contribution in [0.25, 0.3) is 0 Å². The Labute approximate surface area is 114 Å². The Morgan fingerprint density at radius 3 is 2.79 bits per heavy atom. The van der Waals surface area contributed by atoms with Gasteiger partial charge in [-0.2, -0.15) is 0 Å².